The van der Waals surface area contributed by atoms with Crippen molar-refractivity contribution in [1.82, 2.24) is 9.78 Å². The lowest BCUT2D eigenvalue weighted by Gasteiger charge is -2.20. The number of aryl methyl sites for hydroxylation is 1. The van der Waals surface area contributed by atoms with Crippen molar-refractivity contribution in [3.05, 3.63) is 78.1 Å². The molecule has 1 amide bonds. The predicted octanol–water partition coefficient (Wildman–Crippen LogP) is 3.39. The van der Waals surface area contributed by atoms with Crippen LogP contribution in [0.2, 0.25) is 0 Å². The summed E-state index contributed by atoms with van der Waals surface area (Å²) in [5.74, 6) is -0.794. The summed E-state index contributed by atoms with van der Waals surface area (Å²) >= 11 is 0. The fraction of sp³-hybridized carbons (Fsp3) is 0.190. The minimum atomic E-state index is -0.531. The molecular weight excluding hydrogens is 342 g/mol. The minimum Gasteiger partial charge on any atom is -0.452 e. The monoisotopic (exact) mass is 363 g/mol. The van der Waals surface area contributed by atoms with Crippen molar-refractivity contribution in [3.63, 3.8) is 0 Å². The van der Waals surface area contributed by atoms with E-state index in [4.69, 9.17) is 4.74 Å². The Balaban J connectivity index is 1.62. The number of carbonyl (C=O) groups excluding carboxylic acids is 2. The van der Waals surface area contributed by atoms with E-state index >= 15 is 0 Å². The minimum absolute atomic E-state index is 0.263. The number of aromatic nitrogens is 2. The molecule has 0 aliphatic heterocycles. The lowest BCUT2D eigenvalue weighted by atomic mass is 10.2. The molecular formula is C21H21N3O3. The standard InChI is InChI=1S/C21H21N3O3/c1-3-23(18-7-5-4-6-8-18)20(25)15-27-21(26)17-9-11-19(12-10-17)24-16(2)13-14-22-24/h4-14H,3,15H2,1-2H3. The third kappa shape index (κ3) is 4.23. The first-order valence-electron chi connectivity index (χ1n) is 8.73. The highest BCUT2D eigenvalue weighted by molar-refractivity contribution is 5.97. The number of anilines is 1. The largest absolute Gasteiger partial charge is 0.452 e. The topological polar surface area (TPSA) is 64.4 Å². The van der Waals surface area contributed by atoms with Gasteiger partial charge in [0.2, 0.25) is 0 Å². The molecule has 6 nitrogen and oxygen atoms in total. The molecule has 0 saturated heterocycles. The third-order valence-electron chi connectivity index (χ3n) is 4.19. The van der Waals surface area contributed by atoms with Crippen LogP contribution in [-0.4, -0.2) is 34.8 Å². The lowest BCUT2D eigenvalue weighted by molar-refractivity contribution is -0.121. The van der Waals surface area contributed by atoms with Crippen LogP contribution in [0.1, 0.15) is 23.0 Å². The van der Waals surface area contributed by atoms with Crippen molar-refractivity contribution in [1.29, 1.82) is 0 Å². The van der Waals surface area contributed by atoms with Crippen LogP contribution in [0, 0.1) is 6.92 Å². The molecule has 1 aromatic heterocycles. The third-order valence-corrected chi connectivity index (χ3v) is 4.19. The van der Waals surface area contributed by atoms with Gasteiger partial charge in [0.1, 0.15) is 0 Å². The predicted molar refractivity (Wildman–Crippen MR) is 103 cm³/mol. The summed E-state index contributed by atoms with van der Waals surface area (Å²) in [6.45, 7) is 4.02. The van der Waals surface area contributed by atoms with Crippen LogP contribution in [0.4, 0.5) is 5.69 Å². The van der Waals surface area contributed by atoms with Gasteiger partial charge in [-0.15, -0.1) is 0 Å². The molecule has 0 aliphatic rings. The van der Waals surface area contributed by atoms with Gasteiger partial charge in [0.15, 0.2) is 6.61 Å². The average molecular weight is 363 g/mol. The molecule has 1 heterocycles. The fourth-order valence-corrected chi connectivity index (χ4v) is 2.78. The first-order valence-corrected chi connectivity index (χ1v) is 8.73. The molecule has 27 heavy (non-hydrogen) atoms. The number of para-hydroxylation sites is 1. The molecule has 0 N–H and O–H groups in total. The van der Waals surface area contributed by atoms with E-state index in [0.717, 1.165) is 17.1 Å². The Hall–Kier alpha value is -3.41. The van der Waals surface area contributed by atoms with E-state index < -0.39 is 5.97 Å². The number of likely N-dealkylation sites (N-methyl/N-ethyl adjacent to an activating group) is 1. The Labute approximate surface area is 158 Å². The molecule has 0 fully saturated rings. The average Bonchev–Trinajstić information content (AvgIpc) is 3.13. The van der Waals surface area contributed by atoms with Gasteiger partial charge in [-0.25, -0.2) is 9.48 Å². The first kappa shape index (κ1) is 18.4. The molecule has 0 spiro atoms. The Bertz CT molecular complexity index is 917. The Kier molecular flexibility index (Phi) is 5.66. The molecule has 0 unspecified atom stereocenters. The maximum absolute atomic E-state index is 12.4. The van der Waals surface area contributed by atoms with Gasteiger partial charge in [0.05, 0.1) is 11.3 Å². The van der Waals surface area contributed by atoms with Gasteiger partial charge in [0.25, 0.3) is 5.91 Å². The number of carbonyl (C=O) groups is 2. The van der Waals surface area contributed by atoms with Crippen molar-refractivity contribution in [3.8, 4) is 5.69 Å². The van der Waals surface area contributed by atoms with Crippen LogP contribution in [0.5, 0.6) is 0 Å². The van der Waals surface area contributed by atoms with Gasteiger partial charge in [-0.1, -0.05) is 18.2 Å². The van der Waals surface area contributed by atoms with Crippen LogP contribution in [0.3, 0.4) is 0 Å². The summed E-state index contributed by atoms with van der Waals surface area (Å²) in [5, 5.41) is 4.23. The molecule has 138 valence electrons. The number of hydrogen-bond acceptors (Lipinski definition) is 4. The number of amides is 1. The molecule has 0 bridgehead atoms. The van der Waals surface area contributed by atoms with Crippen LogP contribution in [-0.2, 0) is 9.53 Å². The zero-order valence-electron chi connectivity index (χ0n) is 15.3. The van der Waals surface area contributed by atoms with Gasteiger partial charge in [0, 0.05) is 24.1 Å². The Morgan fingerprint density at radius 1 is 1.04 bits per heavy atom. The van der Waals surface area contributed by atoms with Crippen molar-refractivity contribution in [2.75, 3.05) is 18.1 Å². The van der Waals surface area contributed by atoms with E-state index in [1.54, 1.807) is 40.0 Å². The van der Waals surface area contributed by atoms with Gasteiger partial charge < -0.3 is 9.64 Å². The highest BCUT2D eigenvalue weighted by Gasteiger charge is 2.16. The molecule has 0 atom stereocenters. The first-order chi connectivity index (χ1) is 13.1. The fourth-order valence-electron chi connectivity index (χ4n) is 2.78. The van der Waals surface area contributed by atoms with Gasteiger partial charge in [-0.2, -0.15) is 5.10 Å². The summed E-state index contributed by atoms with van der Waals surface area (Å²) < 4.78 is 6.97. The maximum atomic E-state index is 12.4. The summed E-state index contributed by atoms with van der Waals surface area (Å²) in [7, 11) is 0. The number of esters is 1. The van der Waals surface area contributed by atoms with E-state index in [-0.39, 0.29) is 12.5 Å². The quantitative estimate of drug-likeness (QED) is 0.630. The van der Waals surface area contributed by atoms with Crippen LogP contribution < -0.4 is 4.90 Å². The van der Waals surface area contributed by atoms with Crippen LogP contribution in [0.15, 0.2) is 66.9 Å². The van der Waals surface area contributed by atoms with E-state index in [0.29, 0.717) is 12.1 Å². The Morgan fingerprint density at radius 2 is 1.74 bits per heavy atom. The normalized spacial score (nSPS) is 10.4. The van der Waals surface area contributed by atoms with Gasteiger partial charge in [-0.05, 0) is 56.3 Å². The molecule has 0 saturated carbocycles. The number of rotatable bonds is 6. The second kappa shape index (κ2) is 8.31. The molecule has 2 aromatic carbocycles. The number of hydrogen-bond donors (Lipinski definition) is 0. The molecule has 6 heteroatoms. The lowest BCUT2D eigenvalue weighted by Crippen LogP contribution is -2.34. The highest BCUT2D eigenvalue weighted by atomic mass is 16.5. The Morgan fingerprint density at radius 3 is 2.33 bits per heavy atom. The molecule has 0 aliphatic carbocycles. The summed E-state index contributed by atoms with van der Waals surface area (Å²) in [4.78, 5) is 26.2. The zero-order valence-corrected chi connectivity index (χ0v) is 15.3. The number of nitrogens with zero attached hydrogens (tertiary/aromatic N) is 3. The van der Waals surface area contributed by atoms with E-state index in [2.05, 4.69) is 5.10 Å². The smallest absolute Gasteiger partial charge is 0.338 e. The molecule has 3 aromatic rings. The van der Waals surface area contributed by atoms with Crippen molar-refractivity contribution in [2.45, 2.75) is 13.8 Å². The highest BCUT2D eigenvalue weighted by Crippen LogP contribution is 2.14. The summed E-state index contributed by atoms with van der Waals surface area (Å²) in [5.41, 5.74) is 3.02. The van der Waals surface area contributed by atoms with Gasteiger partial charge >= 0.3 is 5.97 Å². The summed E-state index contributed by atoms with van der Waals surface area (Å²) in [6.07, 6.45) is 1.72. The maximum Gasteiger partial charge on any atom is 0.338 e. The number of ether oxygens (including phenoxy) is 1. The van der Waals surface area contributed by atoms with E-state index in [1.165, 1.54) is 0 Å². The second-order valence-corrected chi connectivity index (χ2v) is 5.98. The van der Waals surface area contributed by atoms with Gasteiger partial charge in [-0.3, -0.25) is 4.79 Å². The zero-order chi connectivity index (χ0) is 19.2. The van der Waals surface area contributed by atoms with Crippen molar-refractivity contribution < 1.29 is 14.3 Å². The van der Waals surface area contributed by atoms with E-state index in [1.807, 2.05) is 50.2 Å². The van der Waals surface area contributed by atoms with E-state index in [9.17, 15) is 9.59 Å². The molecule has 3 rings (SSSR count). The second-order valence-electron chi connectivity index (χ2n) is 5.98. The SMILES string of the molecule is CCN(C(=O)COC(=O)c1ccc(-n2nccc2C)cc1)c1ccccc1. The van der Waals surface area contributed by atoms with Crippen LogP contribution in [0.25, 0.3) is 5.69 Å². The van der Waals surface area contributed by atoms with Crippen molar-refractivity contribution in [2.24, 2.45) is 0 Å². The van der Waals surface area contributed by atoms with Crippen LogP contribution >= 0.6 is 0 Å². The molecule has 0 radical (unpaired) electrons. The van der Waals surface area contributed by atoms with Crippen molar-refractivity contribution >= 4 is 17.6 Å². The summed E-state index contributed by atoms with van der Waals surface area (Å²) in [6, 6.07) is 18.1. The number of benzene rings is 2.